The third-order valence-corrected chi connectivity index (χ3v) is 3.62. The van der Waals surface area contributed by atoms with Crippen LogP contribution in [-0.2, 0) is 4.74 Å². The number of ether oxygens (including phenoxy) is 1. The van der Waals surface area contributed by atoms with E-state index in [2.05, 4.69) is 13.8 Å². The normalized spacial score (nSPS) is 34.0. The Hall–Kier alpha value is -0.0800. The molecular formula is C13H26O2. The Kier molecular flexibility index (Phi) is 5.62. The van der Waals surface area contributed by atoms with Crippen molar-refractivity contribution in [3.8, 4) is 0 Å². The zero-order valence-electron chi connectivity index (χ0n) is 10.4. The smallest absolute Gasteiger partial charge is 0.0604 e. The molecule has 0 aliphatic heterocycles. The van der Waals surface area contributed by atoms with E-state index in [1.165, 1.54) is 25.7 Å². The van der Waals surface area contributed by atoms with E-state index in [0.717, 1.165) is 18.9 Å². The largest absolute Gasteiger partial charge is 0.393 e. The summed E-state index contributed by atoms with van der Waals surface area (Å²) in [5, 5.41) is 9.49. The molecule has 0 saturated heterocycles. The molecule has 1 aliphatic carbocycles. The van der Waals surface area contributed by atoms with E-state index in [4.69, 9.17) is 4.74 Å². The van der Waals surface area contributed by atoms with Gasteiger partial charge in [-0.15, -0.1) is 0 Å². The number of hydrogen-bond acceptors (Lipinski definition) is 2. The van der Waals surface area contributed by atoms with Gasteiger partial charge in [0.25, 0.3) is 0 Å². The van der Waals surface area contributed by atoms with Gasteiger partial charge in [0.05, 0.1) is 12.2 Å². The first-order valence-electron chi connectivity index (χ1n) is 6.47. The Morgan fingerprint density at radius 2 is 2.07 bits per heavy atom. The molecule has 0 bridgehead atoms. The lowest BCUT2D eigenvalue weighted by Crippen LogP contribution is -2.33. The fourth-order valence-electron chi connectivity index (χ4n) is 2.82. The lowest BCUT2D eigenvalue weighted by Gasteiger charge is -2.36. The molecule has 0 aromatic heterocycles. The molecule has 1 unspecified atom stereocenters. The van der Waals surface area contributed by atoms with E-state index in [0.29, 0.717) is 12.0 Å². The maximum atomic E-state index is 9.49. The fourth-order valence-corrected chi connectivity index (χ4v) is 2.82. The second-order valence-electron chi connectivity index (χ2n) is 4.93. The van der Waals surface area contributed by atoms with Crippen LogP contribution >= 0.6 is 0 Å². The highest BCUT2D eigenvalue weighted by Crippen LogP contribution is 2.35. The van der Waals surface area contributed by atoms with E-state index < -0.39 is 0 Å². The van der Waals surface area contributed by atoms with Crippen LogP contribution in [0.5, 0.6) is 0 Å². The van der Waals surface area contributed by atoms with Crippen molar-refractivity contribution in [2.75, 3.05) is 6.61 Å². The average molecular weight is 214 g/mol. The molecule has 1 N–H and O–H groups in total. The summed E-state index contributed by atoms with van der Waals surface area (Å²) in [5.74, 6) is 1.43. The van der Waals surface area contributed by atoms with Gasteiger partial charge in [-0.05, 0) is 51.4 Å². The first-order valence-corrected chi connectivity index (χ1v) is 6.47. The van der Waals surface area contributed by atoms with Crippen LogP contribution in [0.1, 0.15) is 52.9 Å². The van der Waals surface area contributed by atoms with Crippen molar-refractivity contribution in [1.82, 2.24) is 0 Å². The summed E-state index contributed by atoms with van der Waals surface area (Å²) in [6.45, 7) is 7.02. The highest BCUT2D eigenvalue weighted by molar-refractivity contribution is 4.81. The van der Waals surface area contributed by atoms with Gasteiger partial charge in [-0.2, -0.15) is 0 Å². The van der Waals surface area contributed by atoms with E-state index in [1.807, 2.05) is 6.92 Å². The van der Waals surface area contributed by atoms with Gasteiger partial charge >= 0.3 is 0 Å². The van der Waals surface area contributed by atoms with Crippen molar-refractivity contribution in [2.24, 2.45) is 11.8 Å². The predicted octanol–water partition coefficient (Wildman–Crippen LogP) is 2.99. The molecule has 4 atom stereocenters. The van der Waals surface area contributed by atoms with Gasteiger partial charge in [0.2, 0.25) is 0 Å². The van der Waals surface area contributed by atoms with Gasteiger partial charge in [-0.25, -0.2) is 0 Å². The molecule has 1 fully saturated rings. The van der Waals surface area contributed by atoms with E-state index in [-0.39, 0.29) is 6.10 Å². The van der Waals surface area contributed by atoms with Crippen LogP contribution in [0.15, 0.2) is 0 Å². The Labute approximate surface area is 94.0 Å². The van der Waals surface area contributed by atoms with Crippen LogP contribution in [0.3, 0.4) is 0 Å². The van der Waals surface area contributed by atoms with Crippen molar-refractivity contribution in [1.29, 1.82) is 0 Å². The van der Waals surface area contributed by atoms with Gasteiger partial charge < -0.3 is 9.84 Å². The van der Waals surface area contributed by atoms with Crippen LogP contribution in [0.4, 0.5) is 0 Å². The standard InChI is InChI=1S/C13H26O2/c1-4-11-6-7-13(15-5-2)12(9-11)8-10(3)14/h10-14H,4-9H2,1-3H3/t10-,11+,12+,13?/m0/s1. The molecule has 0 aromatic rings. The monoisotopic (exact) mass is 214 g/mol. The summed E-state index contributed by atoms with van der Waals surface area (Å²) in [7, 11) is 0. The number of rotatable bonds is 5. The van der Waals surface area contributed by atoms with Gasteiger partial charge in [-0.1, -0.05) is 13.3 Å². The molecule has 1 saturated carbocycles. The van der Waals surface area contributed by atoms with Crippen LogP contribution < -0.4 is 0 Å². The van der Waals surface area contributed by atoms with E-state index in [9.17, 15) is 5.11 Å². The highest BCUT2D eigenvalue weighted by Gasteiger charge is 2.30. The molecule has 15 heavy (non-hydrogen) atoms. The van der Waals surface area contributed by atoms with Gasteiger partial charge in [-0.3, -0.25) is 0 Å². The third kappa shape index (κ3) is 4.12. The Balaban J connectivity index is 2.48. The van der Waals surface area contributed by atoms with E-state index >= 15 is 0 Å². The van der Waals surface area contributed by atoms with Crippen molar-refractivity contribution < 1.29 is 9.84 Å². The van der Waals surface area contributed by atoms with Crippen LogP contribution in [0.2, 0.25) is 0 Å². The summed E-state index contributed by atoms with van der Waals surface area (Å²) < 4.78 is 5.78. The lowest BCUT2D eigenvalue weighted by molar-refractivity contribution is -0.0321. The number of hydrogen-bond donors (Lipinski definition) is 1. The number of aliphatic hydroxyl groups is 1. The Morgan fingerprint density at radius 3 is 2.60 bits per heavy atom. The Morgan fingerprint density at radius 1 is 1.33 bits per heavy atom. The van der Waals surface area contributed by atoms with Crippen molar-refractivity contribution in [3.05, 3.63) is 0 Å². The van der Waals surface area contributed by atoms with Crippen molar-refractivity contribution in [2.45, 2.75) is 65.1 Å². The Bertz CT molecular complexity index is 168. The third-order valence-electron chi connectivity index (χ3n) is 3.62. The first-order chi connectivity index (χ1) is 7.17. The molecule has 2 nitrogen and oxygen atoms in total. The zero-order chi connectivity index (χ0) is 11.3. The number of aliphatic hydroxyl groups excluding tert-OH is 1. The predicted molar refractivity (Wildman–Crippen MR) is 62.8 cm³/mol. The maximum Gasteiger partial charge on any atom is 0.0604 e. The minimum Gasteiger partial charge on any atom is -0.393 e. The van der Waals surface area contributed by atoms with Crippen LogP contribution in [-0.4, -0.2) is 23.9 Å². The quantitative estimate of drug-likeness (QED) is 0.762. The summed E-state index contributed by atoms with van der Waals surface area (Å²) in [6, 6.07) is 0. The molecule has 0 spiro atoms. The molecule has 2 heteroatoms. The average Bonchev–Trinajstić information content (AvgIpc) is 2.20. The molecule has 0 aromatic carbocycles. The molecule has 0 amide bonds. The molecule has 90 valence electrons. The molecule has 1 rings (SSSR count). The van der Waals surface area contributed by atoms with Gasteiger partial charge in [0.15, 0.2) is 0 Å². The van der Waals surface area contributed by atoms with Crippen LogP contribution in [0.25, 0.3) is 0 Å². The van der Waals surface area contributed by atoms with Crippen molar-refractivity contribution >= 4 is 0 Å². The molecule has 0 radical (unpaired) electrons. The SMILES string of the molecule is CCOC1CC[C@@H](CC)C[C@H]1C[C@H](C)O. The second-order valence-corrected chi connectivity index (χ2v) is 4.93. The topological polar surface area (TPSA) is 29.5 Å². The van der Waals surface area contributed by atoms with Gasteiger partial charge in [0, 0.05) is 6.61 Å². The minimum absolute atomic E-state index is 0.187. The summed E-state index contributed by atoms with van der Waals surface area (Å²) >= 11 is 0. The summed E-state index contributed by atoms with van der Waals surface area (Å²) in [4.78, 5) is 0. The highest BCUT2D eigenvalue weighted by atomic mass is 16.5. The first kappa shape index (κ1) is 13.0. The second kappa shape index (κ2) is 6.49. The van der Waals surface area contributed by atoms with Crippen LogP contribution in [0, 0.1) is 11.8 Å². The lowest BCUT2D eigenvalue weighted by atomic mass is 9.76. The fraction of sp³-hybridized carbons (Fsp3) is 1.00. The molecule has 0 heterocycles. The zero-order valence-corrected chi connectivity index (χ0v) is 10.4. The summed E-state index contributed by atoms with van der Waals surface area (Å²) in [6.07, 6.45) is 6.12. The molecule has 1 aliphatic rings. The maximum absolute atomic E-state index is 9.49. The summed E-state index contributed by atoms with van der Waals surface area (Å²) in [5.41, 5.74) is 0. The molecular weight excluding hydrogens is 188 g/mol. The van der Waals surface area contributed by atoms with Gasteiger partial charge in [0.1, 0.15) is 0 Å². The van der Waals surface area contributed by atoms with Crippen molar-refractivity contribution in [3.63, 3.8) is 0 Å². The van der Waals surface area contributed by atoms with E-state index in [1.54, 1.807) is 0 Å². The minimum atomic E-state index is -0.187.